The summed E-state index contributed by atoms with van der Waals surface area (Å²) in [6.45, 7) is 5.51. The average molecular weight is 280 g/mol. The molecular weight excluding hydrogens is 260 g/mol. The number of rotatable bonds is 6. The van der Waals surface area contributed by atoms with Crippen molar-refractivity contribution in [1.29, 1.82) is 0 Å². The van der Waals surface area contributed by atoms with Crippen molar-refractivity contribution in [1.82, 2.24) is 5.32 Å². The lowest BCUT2D eigenvalue weighted by Crippen LogP contribution is -2.40. The number of amides is 1. The van der Waals surface area contributed by atoms with E-state index in [1.165, 1.54) is 18.2 Å². The molecule has 0 saturated heterocycles. The van der Waals surface area contributed by atoms with Crippen LogP contribution in [0.2, 0.25) is 0 Å². The fraction of sp³-hybridized carbons (Fsp3) is 0.429. The summed E-state index contributed by atoms with van der Waals surface area (Å²) >= 11 is 0. The summed E-state index contributed by atoms with van der Waals surface area (Å²) in [7, 11) is 0. The second-order valence-electron chi connectivity index (χ2n) is 4.63. The van der Waals surface area contributed by atoms with Crippen molar-refractivity contribution in [3.63, 3.8) is 0 Å². The maximum absolute atomic E-state index is 11.8. The van der Waals surface area contributed by atoms with E-state index in [0.717, 1.165) is 6.42 Å². The summed E-state index contributed by atoms with van der Waals surface area (Å²) in [5.74, 6) is -0.962. The highest BCUT2D eigenvalue weighted by molar-refractivity contribution is 5.93. The molecule has 0 aliphatic rings. The van der Waals surface area contributed by atoms with Crippen LogP contribution in [0.4, 0.5) is 5.69 Å². The predicted octanol–water partition coefficient (Wildman–Crippen LogP) is 1.65. The molecule has 2 unspecified atom stereocenters. The van der Waals surface area contributed by atoms with Crippen molar-refractivity contribution in [2.75, 3.05) is 5.73 Å². The Morgan fingerprint density at radius 2 is 2.05 bits per heavy atom. The second-order valence-corrected chi connectivity index (χ2v) is 4.63. The van der Waals surface area contributed by atoms with E-state index in [9.17, 15) is 9.59 Å². The lowest BCUT2D eigenvalue weighted by Gasteiger charge is -2.18. The van der Waals surface area contributed by atoms with Crippen molar-refractivity contribution >= 4 is 17.6 Å². The van der Waals surface area contributed by atoms with Gasteiger partial charge in [0.15, 0.2) is 6.10 Å². The first kappa shape index (κ1) is 15.8. The van der Waals surface area contributed by atoms with Gasteiger partial charge in [-0.2, -0.15) is 0 Å². The Balaban J connectivity index is 2.71. The Morgan fingerprint density at radius 1 is 1.40 bits per heavy atom. The van der Waals surface area contributed by atoms with Crippen LogP contribution in [0.25, 0.3) is 0 Å². The zero-order valence-electron chi connectivity index (χ0n) is 11.8. The van der Waals surface area contributed by atoms with Crippen molar-refractivity contribution in [3.05, 3.63) is 23.8 Å². The van der Waals surface area contributed by atoms with Gasteiger partial charge in [-0.1, -0.05) is 6.92 Å². The van der Waals surface area contributed by atoms with Crippen molar-refractivity contribution < 1.29 is 19.4 Å². The van der Waals surface area contributed by atoms with Crippen LogP contribution in [0.15, 0.2) is 18.2 Å². The van der Waals surface area contributed by atoms with Crippen LogP contribution in [0.1, 0.15) is 37.6 Å². The number of nitrogen functional groups attached to an aromatic ring is 1. The molecular formula is C14H20N2O4. The third kappa shape index (κ3) is 4.15. The second kappa shape index (κ2) is 6.79. The number of nitrogens with one attached hydrogen (secondary N) is 1. The Labute approximate surface area is 117 Å². The van der Waals surface area contributed by atoms with E-state index >= 15 is 0 Å². The molecule has 20 heavy (non-hydrogen) atoms. The maximum atomic E-state index is 11.8. The summed E-state index contributed by atoms with van der Waals surface area (Å²) in [6, 6.07) is 4.31. The van der Waals surface area contributed by atoms with E-state index < -0.39 is 12.1 Å². The number of nitrogens with two attached hydrogens (primary N) is 1. The van der Waals surface area contributed by atoms with Gasteiger partial charge in [0.25, 0.3) is 5.91 Å². The first-order chi connectivity index (χ1) is 9.35. The average Bonchev–Trinajstić information content (AvgIpc) is 2.37. The third-order valence-electron chi connectivity index (χ3n) is 2.94. The lowest BCUT2D eigenvalue weighted by molar-refractivity contribution is -0.127. The summed E-state index contributed by atoms with van der Waals surface area (Å²) in [4.78, 5) is 22.6. The van der Waals surface area contributed by atoms with Gasteiger partial charge in [-0.3, -0.25) is 4.79 Å². The quantitative estimate of drug-likeness (QED) is 0.688. The zero-order valence-corrected chi connectivity index (χ0v) is 11.8. The highest BCUT2D eigenvalue weighted by Gasteiger charge is 2.17. The SMILES string of the molecule is CCC(C)NC(=O)C(C)Oc1ccc(C(=O)O)c(N)c1. The normalized spacial score (nSPS) is 13.3. The molecule has 0 aliphatic heterocycles. The fourth-order valence-corrected chi connectivity index (χ4v) is 1.53. The number of carbonyl (C=O) groups is 2. The molecule has 110 valence electrons. The molecule has 2 atom stereocenters. The first-order valence-electron chi connectivity index (χ1n) is 6.45. The monoisotopic (exact) mass is 280 g/mol. The number of benzene rings is 1. The Morgan fingerprint density at radius 3 is 2.55 bits per heavy atom. The minimum atomic E-state index is -1.10. The number of aromatic carboxylic acids is 1. The van der Waals surface area contributed by atoms with E-state index in [2.05, 4.69) is 5.32 Å². The van der Waals surface area contributed by atoms with Gasteiger partial charge in [-0.05, 0) is 32.4 Å². The molecule has 6 heteroatoms. The predicted molar refractivity (Wildman–Crippen MR) is 75.8 cm³/mol. The topological polar surface area (TPSA) is 102 Å². The summed E-state index contributed by atoms with van der Waals surface area (Å²) in [6.07, 6.45) is 0.151. The van der Waals surface area contributed by atoms with Gasteiger partial charge < -0.3 is 20.9 Å². The van der Waals surface area contributed by atoms with E-state index in [4.69, 9.17) is 15.6 Å². The van der Waals surface area contributed by atoms with E-state index in [-0.39, 0.29) is 23.2 Å². The van der Waals surface area contributed by atoms with Gasteiger partial charge in [0.05, 0.1) is 5.56 Å². The molecule has 0 saturated carbocycles. The van der Waals surface area contributed by atoms with Gasteiger partial charge in [0.2, 0.25) is 0 Å². The number of hydrogen-bond acceptors (Lipinski definition) is 4. The van der Waals surface area contributed by atoms with E-state index in [1.807, 2.05) is 13.8 Å². The number of hydrogen-bond donors (Lipinski definition) is 3. The van der Waals surface area contributed by atoms with Crippen LogP contribution in [0, 0.1) is 0 Å². The molecule has 1 amide bonds. The van der Waals surface area contributed by atoms with Crippen molar-refractivity contribution in [3.8, 4) is 5.75 Å². The van der Waals surface area contributed by atoms with Crippen LogP contribution in [0.3, 0.4) is 0 Å². The zero-order chi connectivity index (χ0) is 15.3. The fourth-order valence-electron chi connectivity index (χ4n) is 1.53. The molecule has 1 rings (SSSR count). The van der Waals surface area contributed by atoms with E-state index in [0.29, 0.717) is 5.75 Å². The molecule has 0 spiro atoms. The first-order valence-corrected chi connectivity index (χ1v) is 6.45. The summed E-state index contributed by atoms with van der Waals surface area (Å²) < 4.78 is 5.45. The van der Waals surface area contributed by atoms with Gasteiger partial charge in [0.1, 0.15) is 5.75 Å². The molecule has 0 aromatic heterocycles. The van der Waals surface area contributed by atoms with Gasteiger partial charge >= 0.3 is 5.97 Å². The molecule has 0 heterocycles. The van der Waals surface area contributed by atoms with Gasteiger partial charge in [0, 0.05) is 17.8 Å². The molecule has 1 aromatic carbocycles. The van der Waals surface area contributed by atoms with Gasteiger partial charge in [-0.25, -0.2) is 4.79 Å². The molecule has 0 radical (unpaired) electrons. The number of carboxylic acids is 1. The van der Waals surface area contributed by atoms with Crippen LogP contribution in [0.5, 0.6) is 5.75 Å². The number of carbonyl (C=O) groups excluding carboxylic acids is 1. The Hall–Kier alpha value is -2.24. The van der Waals surface area contributed by atoms with E-state index in [1.54, 1.807) is 6.92 Å². The molecule has 0 aliphatic carbocycles. The third-order valence-corrected chi connectivity index (χ3v) is 2.94. The lowest BCUT2D eigenvalue weighted by atomic mass is 10.2. The Bertz CT molecular complexity index is 502. The van der Waals surface area contributed by atoms with Crippen molar-refractivity contribution in [2.24, 2.45) is 0 Å². The number of anilines is 1. The van der Waals surface area contributed by atoms with Gasteiger partial charge in [-0.15, -0.1) is 0 Å². The van der Waals surface area contributed by atoms with Crippen LogP contribution >= 0.6 is 0 Å². The highest BCUT2D eigenvalue weighted by atomic mass is 16.5. The van der Waals surface area contributed by atoms with Crippen LogP contribution in [-0.4, -0.2) is 29.1 Å². The highest BCUT2D eigenvalue weighted by Crippen LogP contribution is 2.21. The molecule has 0 fully saturated rings. The molecule has 0 bridgehead atoms. The molecule has 4 N–H and O–H groups in total. The molecule has 1 aromatic rings. The smallest absolute Gasteiger partial charge is 0.337 e. The summed E-state index contributed by atoms with van der Waals surface area (Å²) in [5.41, 5.74) is 5.72. The Kier molecular flexibility index (Phi) is 5.37. The van der Waals surface area contributed by atoms with Crippen molar-refractivity contribution in [2.45, 2.75) is 39.3 Å². The minimum Gasteiger partial charge on any atom is -0.481 e. The summed E-state index contributed by atoms with van der Waals surface area (Å²) in [5, 5.41) is 11.7. The van der Waals surface area contributed by atoms with Crippen LogP contribution in [-0.2, 0) is 4.79 Å². The standard InChI is InChI=1S/C14H20N2O4/c1-4-8(2)16-13(17)9(3)20-10-5-6-11(14(18)19)12(15)7-10/h5-9H,4,15H2,1-3H3,(H,16,17)(H,18,19). The molecule has 6 nitrogen and oxygen atoms in total. The minimum absolute atomic E-state index is 0.00839. The maximum Gasteiger partial charge on any atom is 0.337 e. The van der Waals surface area contributed by atoms with Crippen LogP contribution < -0.4 is 15.8 Å². The largest absolute Gasteiger partial charge is 0.481 e. The number of carboxylic acid groups (broad SMARTS) is 1. The number of ether oxygens (including phenoxy) is 1.